The Hall–Kier alpha value is -2.14. The van der Waals surface area contributed by atoms with Gasteiger partial charge in [0.25, 0.3) is 5.91 Å². The number of furan rings is 1. The second kappa shape index (κ2) is 6.10. The smallest absolute Gasteiger partial charge is 0.255 e. The summed E-state index contributed by atoms with van der Waals surface area (Å²) in [4.78, 5) is 12.2. The largest absolute Gasteiger partial charge is 0.472 e. The Balaban J connectivity index is 1.82. The number of hydrogen-bond donors (Lipinski definition) is 1. The third kappa shape index (κ3) is 3.13. The minimum atomic E-state index is -0.300. The Morgan fingerprint density at radius 2 is 2.10 bits per heavy atom. The highest BCUT2D eigenvalue weighted by atomic mass is 19.1. The van der Waals surface area contributed by atoms with Crippen LogP contribution in [0, 0.1) is 5.82 Å². The first-order valence-corrected chi connectivity index (χ1v) is 6.94. The summed E-state index contributed by atoms with van der Waals surface area (Å²) in [7, 11) is 0. The van der Waals surface area contributed by atoms with Crippen LogP contribution in [-0.4, -0.2) is 18.6 Å². The number of carbonyl (C=O) groups is 1. The van der Waals surface area contributed by atoms with Crippen molar-refractivity contribution in [3.05, 3.63) is 59.8 Å². The summed E-state index contributed by atoms with van der Waals surface area (Å²) in [6, 6.07) is 7.44. The molecule has 1 N–H and O–H groups in total. The van der Waals surface area contributed by atoms with Crippen LogP contribution in [0.25, 0.3) is 0 Å². The minimum Gasteiger partial charge on any atom is -0.472 e. The summed E-state index contributed by atoms with van der Waals surface area (Å²) in [6.07, 6.45) is 4.59. The van der Waals surface area contributed by atoms with Gasteiger partial charge in [0.05, 0.1) is 24.0 Å². The molecular formula is C16H16FNO3. The molecule has 2 aromatic rings. The summed E-state index contributed by atoms with van der Waals surface area (Å²) in [5, 5.41) is 2.95. The zero-order valence-corrected chi connectivity index (χ0v) is 11.4. The number of carbonyl (C=O) groups excluding carboxylic acids is 1. The van der Waals surface area contributed by atoms with Gasteiger partial charge in [0, 0.05) is 6.61 Å². The highest BCUT2D eigenvalue weighted by Crippen LogP contribution is 2.27. The number of ether oxygens (including phenoxy) is 1. The van der Waals surface area contributed by atoms with Crippen molar-refractivity contribution in [3.8, 4) is 0 Å². The molecule has 1 aromatic heterocycles. The molecule has 1 fully saturated rings. The predicted octanol–water partition coefficient (Wildman–Crippen LogP) is 3.07. The maximum absolute atomic E-state index is 13.1. The molecule has 1 saturated heterocycles. The maximum Gasteiger partial charge on any atom is 0.255 e. The third-order valence-electron chi connectivity index (χ3n) is 3.64. The van der Waals surface area contributed by atoms with E-state index in [1.54, 1.807) is 18.2 Å². The second-order valence-corrected chi connectivity index (χ2v) is 5.07. The number of halogens is 1. The molecule has 1 aromatic carbocycles. The predicted molar refractivity (Wildman–Crippen MR) is 74.3 cm³/mol. The van der Waals surface area contributed by atoms with Gasteiger partial charge in [0.15, 0.2) is 0 Å². The maximum atomic E-state index is 13.1. The van der Waals surface area contributed by atoms with Crippen molar-refractivity contribution in [2.45, 2.75) is 25.0 Å². The highest BCUT2D eigenvalue weighted by molar-refractivity contribution is 5.94. The van der Waals surface area contributed by atoms with E-state index >= 15 is 0 Å². The molecule has 0 aliphatic carbocycles. The lowest BCUT2D eigenvalue weighted by atomic mass is 9.99. The average molecular weight is 289 g/mol. The zero-order chi connectivity index (χ0) is 14.7. The van der Waals surface area contributed by atoms with E-state index in [1.807, 2.05) is 0 Å². The fourth-order valence-electron chi connectivity index (χ4n) is 2.54. The molecule has 1 amide bonds. The molecule has 3 rings (SSSR count). The number of rotatable bonds is 4. The number of benzene rings is 1. The van der Waals surface area contributed by atoms with Gasteiger partial charge in [-0.15, -0.1) is 0 Å². The number of nitrogens with one attached hydrogen (secondary N) is 1. The van der Waals surface area contributed by atoms with Gasteiger partial charge in [0.2, 0.25) is 0 Å². The standard InChI is InChI=1S/C16H16FNO3/c17-13-5-3-11(4-6-13)15(14-2-1-8-21-14)18-16(19)12-7-9-20-10-12/h3-7,9-10,14-15H,1-2,8H2,(H,18,19)/t14-,15-/m0/s1. The first-order valence-electron chi connectivity index (χ1n) is 6.94. The number of amides is 1. The van der Waals surface area contributed by atoms with Crippen molar-refractivity contribution in [2.24, 2.45) is 0 Å². The Labute approximate surface area is 121 Å². The lowest BCUT2D eigenvalue weighted by Gasteiger charge is -2.24. The molecule has 0 unspecified atom stereocenters. The van der Waals surface area contributed by atoms with Gasteiger partial charge in [-0.3, -0.25) is 4.79 Å². The lowest BCUT2D eigenvalue weighted by Crippen LogP contribution is -2.36. The summed E-state index contributed by atoms with van der Waals surface area (Å²) in [5.74, 6) is -0.528. The Kier molecular flexibility index (Phi) is 4.01. The van der Waals surface area contributed by atoms with Crippen LogP contribution in [0.15, 0.2) is 47.3 Å². The van der Waals surface area contributed by atoms with Crippen molar-refractivity contribution < 1.29 is 18.3 Å². The lowest BCUT2D eigenvalue weighted by molar-refractivity contribution is 0.0672. The van der Waals surface area contributed by atoms with Crippen LogP contribution < -0.4 is 5.32 Å². The normalized spacial score (nSPS) is 19.4. The molecule has 110 valence electrons. The van der Waals surface area contributed by atoms with Crippen LogP contribution in [0.1, 0.15) is 34.8 Å². The van der Waals surface area contributed by atoms with E-state index in [-0.39, 0.29) is 23.9 Å². The van der Waals surface area contributed by atoms with Crippen LogP contribution >= 0.6 is 0 Å². The van der Waals surface area contributed by atoms with Gasteiger partial charge in [-0.1, -0.05) is 12.1 Å². The molecular weight excluding hydrogens is 273 g/mol. The van der Waals surface area contributed by atoms with Crippen LogP contribution in [0.5, 0.6) is 0 Å². The van der Waals surface area contributed by atoms with Crippen molar-refractivity contribution in [1.29, 1.82) is 0 Å². The summed E-state index contributed by atoms with van der Waals surface area (Å²) in [6.45, 7) is 0.684. The van der Waals surface area contributed by atoms with Gasteiger partial charge in [0.1, 0.15) is 12.1 Å². The molecule has 5 heteroatoms. The Morgan fingerprint density at radius 1 is 1.29 bits per heavy atom. The van der Waals surface area contributed by atoms with Crippen LogP contribution in [0.2, 0.25) is 0 Å². The minimum absolute atomic E-state index is 0.0914. The summed E-state index contributed by atoms with van der Waals surface area (Å²) in [5.41, 5.74) is 1.29. The molecule has 1 aliphatic rings. The molecule has 21 heavy (non-hydrogen) atoms. The first kappa shape index (κ1) is 13.8. The van der Waals surface area contributed by atoms with Gasteiger partial charge in [-0.05, 0) is 36.6 Å². The summed E-state index contributed by atoms with van der Waals surface area (Å²) >= 11 is 0. The fourth-order valence-corrected chi connectivity index (χ4v) is 2.54. The van der Waals surface area contributed by atoms with Gasteiger partial charge >= 0.3 is 0 Å². The van der Waals surface area contributed by atoms with Crippen LogP contribution in [0.4, 0.5) is 4.39 Å². The molecule has 0 bridgehead atoms. The number of hydrogen-bond acceptors (Lipinski definition) is 3. The molecule has 0 radical (unpaired) electrons. The quantitative estimate of drug-likeness (QED) is 0.941. The van der Waals surface area contributed by atoms with Crippen LogP contribution in [0.3, 0.4) is 0 Å². The van der Waals surface area contributed by atoms with Gasteiger partial charge in [-0.2, -0.15) is 0 Å². The molecule has 2 heterocycles. The van der Waals surface area contributed by atoms with E-state index < -0.39 is 0 Å². The SMILES string of the molecule is O=C(N[C@@H](c1ccc(F)cc1)[C@@H]1CCCO1)c1ccoc1. The second-order valence-electron chi connectivity index (χ2n) is 5.07. The van der Waals surface area contributed by atoms with Crippen LogP contribution in [-0.2, 0) is 4.74 Å². The van der Waals surface area contributed by atoms with Gasteiger partial charge in [-0.25, -0.2) is 4.39 Å². The van der Waals surface area contributed by atoms with E-state index in [0.717, 1.165) is 18.4 Å². The van der Waals surface area contributed by atoms with Crippen molar-refractivity contribution in [1.82, 2.24) is 5.32 Å². The Bertz CT molecular complexity index is 588. The highest BCUT2D eigenvalue weighted by Gasteiger charge is 2.29. The molecule has 0 saturated carbocycles. The van der Waals surface area contributed by atoms with Crippen molar-refractivity contribution in [3.63, 3.8) is 0 Å². The molecule has 1 aliphatic heterocycles. The van der Waals surface area contributed by atoms with E-state index in [9.17, 15) is 9.18 Å². The molecule has 2 atom stereocenters. The van der Waals surface area contributed by atoms with E-state index in [2.05, 4.69) is 5.32 Å². The first-order chi connectivity index (χ1) is 10.2. The van der Waals surface area contributed by atoms with Gasteiger partial charge < -0.3 is 14.5 Å². The fraction of sp³-hybridized carbons (Fsp3) is 0.312. The topological polar surface area (TPSA) is 51.5 Å². The Morgan fingerprint density at radius 3 is 2.71 bits per heavy atom. The average Bonchev–Trinajstić information content (AvgIpc) is 3.19. The third-order valence-corrected chi connectivity index (χ3v) is 3.64. The molecule has 4 nitrogen and oxygen atoms in total. The van der Waals surface area contributed by atoms with E-state index in [1.165, 1.54) is 24.7 Å². The van der Waals surface area contributed by atoms with Crippen molar-refractivity contribution >= 4 is 5.91 Å². The summed E-state index contributed by atoms with van der Waals surface area (Å²) < 4.78 is 23.7. The van der Waals surface area contributed by atoms with Crippen molar-refractivity contribution in [2.75, 3.05) is 6.61 Å². The van der Waals surface area contributed by atoms with E-state index in [4.69, 9.17) is 9.15 Å². The monoisotopic (exact) mass is 289 g/mol. The molecule has 0 spiro atoms. The zero-order valence-electron chi connectivity index (χ0n) is 11.4. The van der Waals surface area contributed by atoms with E-state index in [0.29, 0.717) is 12.2 Å².